The molecule has 0 aliphatic heterocycles. The van der Waals surface area contributed by atoms with Crippen molar-refractivity contribution >= 4 is 43.1 Å². The third-order valence-electron chi connectivity index (χ3n) is 11.1. The number of benzene rings is 9. The summed E-state index contributed by atoms with van der Waals surface area (Å²) in [5.41, 5.74) is 4.66. The summed E-state index contributed by atoms with van der Waals surface area (Å²) >= 11 is 0. The molecule has 5 nitrogen and oxygen atoms in total. The number of aliphatic hydroxyl groups excluding tert-OH is 1. The van der Waals surface area contributed by atoms with Crippen molar-refractivity contribution in [1.82, 2.24) is 0 Å². The van der Waals surface area contributed by atoms with Gasteiger partial charge in [-0.15, -0.1) is 0 Å². The van der Waals surface area contributed by atoms with Crippen LogP contribution in [0.4, 0.5) is 0 Å². The molecule has 9 aromatic carbocycles. The molecule has 0 spiro atoms. The first kappa shape index (κ1) is 36.9. The van der Waals surface area contributed by atoms with E-state index < -0.39 is 11.7 Å². The van der Waals surface area contributed by atoms with Crippen LogP contribution in [0.5, 0.6) is 11.5 Å². The summed E-state index contributed by atoms with van der Waals surface area (Å²) < 4.78 is 24.0. The summed E-state index contributed by atoms with van der Waals surface area (Å²) in [4.78, 5) is 0. The van der Waals surface area contributed by atoms with Gasteiger partial charge < -0.3 is 24.1 Å². The van der Waals surface area contributed by atoms with E-state index >= 15 is 0 Å². The fourth-order valence-corrected chi connectivity index (χ4v) is 8.22. The first-order chi connectivity index (χ1) is 28.6. The molecule has 9 aromatic rings. The van der Waals surface area contributed by atoms with Gasteiger partial charge >= 0.3 is 0 Å². The highest BCUT2D eigenvalue weighted by molar-refractivity contribution is 6.23. The van der Waals surface area contributed by atoms with E-state index in [-0.39, 0.29) is 13.2 Å². The summed E-state index contributed by atoms with van der Waals surface area (Å²) in [6.07, 6.45) is -0.902. The van der Waals surface area contributed by atoms with E-state index in [1.165, 1.54) is 32.3 Å². The minimum absolute atomic E-state index is 0.0191. The average molecular weight is 759 g/mol. The third-order valence-corrected chi connectivity index (χ3v) is 11.1. The summed E-state index contributed by atoms with van der Waals surface area (Å²) in [6.45, 7) is 0.424. The molecular weight excluding hydrogens is 717 g/mol. The topological polar surface area (TPSA) is 57.2 Å². The molecule has 0 unspecified atom stereocenters. The predicted molar refractivity (Wildman–Crippen MR) is 234 cm³/mol. The lowest BCUT2D eigenvalue weighted by Gasteiger charge is -2.36. The van der Waals surface area contributed by atoms with Gasteiger partial charge in [0.1, 0.15) is 23.2 Å². The molecule has 1 atom stereocenters. The molecule has 5 heteroatoms. The lowest BCUT2D eigenvalue weighted by molar-refractivity contribution is -0.0661. The van der Waals surface area contributed by atoms with Crippen LogP contribution in [0.3, 0.4) is 0 Å². The van der Waals surface area contributed by atoms with Crippen LogP contribution in [-0.2, 0) is 21.7 Å². The summed E-state index contributed by atoms with van der Waals surface area (Å²) in [5, 5.41) is 20.9. The van der Waals surface area contributed by atoms with E-state index in [1.54, 1.807) is 14.2 Å². The van der Waals surface area contributed by atoms with Gasteiger partial charge in [-0.25, -0.2) is 0 Å². The Morgan fingerprint density at radius 3 is 1.67 bits per heavy atom. The number of methoxy groups -OCH3 is 2. The minimum Gasteiger partial charge on any atom is -0.497 e. The van der Waals surface area contributed by atoms with Gasteiger partial charge in [0, 0.05) is 11.1 Å². The summed E-state index contributed by atoms with van der Waals surface area (Å²) in [7, 11) is 3.30. The van der Waals surface area contributed by atoms with Gasteiger partial charge in [0.15, 0.2) is 0 Å². The van der Waals surface area contributed by atoms with Crippen LogP contribution in [0.2, 0.25) is 0 Å². The van der Waals surface area contributed by atoms with Gasteiger partial charge in [-0.2, -0.15) is 0 Å². The highest BCUT2D eigenvalue weighted by atomic mass is 16.5. The second kappa shape index (κ2) is 16.1. The smallest absolute Gasteiger partial charge is 0.143 e. The Kier molecular flexibility index (Phi) is 10.2. The molecule has 0 saturated carbocycles. The first-order valence-electron chi connectivity index (χ1n) is 19.5. The van der Waals surface area contributed by atoms with E-state index in [9.17, 15) is 5.11 Å². The first-order valence-corrected chi connectivity index (χ1v) is 19.5. The maximum atomic E-state index is 11.4. The molecule has 0 aliphatic rings. The molecule has 0 aromatic heterocycles. The molecule has 58 heavy (non-hydrogen) atoms. The van der Waals surface area contributed by atoms with Crippen LogP contribution < -0.4 is 9.47 Å². The second-order valence-electron chi connectivity index (χ2n) is 14.5. The minimum atomic E-state index is -1.04. The molecule has 1 N–H and O–H groups in total. The predicted octanol–water partition coefficient (Wildman–Crippen LogP) is 11.0. The maximum Gasteiger partial charge on any atom is 0.143 e. The standard InChI is InChI=1S/C53H42O5/c1-55-46-28-24-43(25-29-46)53(42-11-4-3-5-12-42,44-26-30-47(56-2)31-27-44)58-35-45(54)34-57-33-41-22-18-36(48-13-6-7-14-49(41)48)15-16-37-17-19-40-21-20-38-9-8-10-39-23-32-50(37)52(40)51(38)39/h3-14,17-32,45,54H,33-35H2,1-2H3/t45-/m0/s1. The van der Waals surface area contributed by atoms with Gasteiger partial charge in [-0.3, -0.25) is 0 Å². The summed E-state index contributed by atoms with van der Waals surface area (Å²) in [6, 6.07) is 57.8. The molecular formula is C53H42O5. The van der Waals surface area contributed by atoms with Gasteiger partial charge in [-0.1, -0.05) is 145 Å². The van der Waals surface area contributed by atoms with Crippen LogP contribution in [0, 0.1) is 11.8 Å². The van der Waals surface area contributed by atoms with Crippen molar-refractivity contribution in [3.05, 3.63) is 203 Å². The molecule has 0 heterocycles. The SMILES string of the molecule is COc1ccc(C(OC[C@@H](O)COCc2ccc(C#Cc3ccc4ccc5cccc6ccc3c4c56)c3ccccc23)(c2ccccc2)c2ccc(OC)cc2)cc1. The van der Waals surface area contributed by atoms with Crippen molar-refractivity contribution in [3.63, 3.8) is 0 Å². The number of aliphatic hydroxyl groups is 1. The lowest BCUT2D eigenvalue weighted by Crippen LogP contribution is -2.36. The molecule has 284 valence electrons. The van der Waals surface area contributed by atoms with Crippen molar-refractivity contribution in [2.45, 2.75) is 18.3 Å². The van der Waals surface area contributed by atoms with Crippen LogP contribution in [-0.4, -0.2) is 38.6 Å². The van der Waals surface area contributed by atoms with E-state index in [4.69, 9.17) is 18.9 Å². The van der Waals surface area contributed by atoms with Crippen LogP contribution in [0.25, 0.3) is 43.1 Å². The van der Waals surface area contributed by atoms with Gasteiger partial charge in [0.2, 0.25) is 0 Å². The van der Waals surface area contributed by atoms with E-state index in [0.29, 0.717) is 6.61 Å². The van der Waals surface area contributed by atoms with Crippen molar-refractivity contribution in [2.24, 2.45) is 0 Å². The fraction of sp³-hybridized carbons (Fsp3) is 0.132. The summed E-state index contributed by atoms with van der Waals surface area (Å²) in [5.74, 6) is 8.50. The third kappa shape index (κ3) is 6.89. The number of ether oxygens (including phenoxy) is 4. The van der Waals surface area contributed by atoms with Gasteiger partial charge in [0.05, 0.1) is 34.0 Å². The number of hydrogen-bond acceptors (Lipinski definition) is 5. The Hall–Kier alpha value is -6.68. The number of rotatable bonds is 12. The van der Waals surface area contributed by atoms with E-state index in [0.717, 1.165) is 55.7 Å². The number of fused-ring (bicyclic) bond motifs is 1. The zero-order chi connectivity index (χ0) is 39.5. The molecule has 0 bridgehead atoms. The van der Waals surface area contributed by atoms with Crippen molar-refractivity contribution in [3.8, 4) is 23.3 Å². The van der Waals surface area contributed by atoms with Crippen LogP contribution in [0.1, 0.15) is 33.4 Å². The highest BCUT2D eigenvalue weighted by Gasteiger charge is 2.38. The van der Waals surface area contributed by atoms with Crippen LogP contribution >= 0.6 is 0 Å². The van der Waals surface area contributed by atoms with Crippen molar-refractivity contribution in [2.75, 3.05) is 27.4 Å². The Morgan fingerprint density at radius 1 is 0.483 bits per heavy atom. The molecule has 9 rings (SSSR count). The van der Waals surface area contributed by atoms with Crippen LogP contribution in [0.15, 0.2) is 170 Å². The highest BCUT2D eigenvalue weighted by Crippen LogP contribution is 2.42. The normalized spacial score (nSPS) is 12.2. The Morgan fingerprint density at radius 2 is 1.02 bits per heavy atom. The quantitative estimate of drug-likeness (QED) is 0.0764. The number of hydrogen-bond donors (Lipinski definition) is 1. The monoisotopic (exact) mass is 758 g/mol. The molecule has 0 radical (unpaired) electrons. The Labute approximate surface area is 338 Å². The lowest BCUT2D eigenvalue weighted by atomic mass is 9.80. The van der Waals surface area contributed by atoms with Gasteiger partial charge in [0.25, 0.3) is 0 Å². The van der Waals surface area contributed by atoms with Crippen molar-refractivity contribution in [1.29, 1.82) is 0 Å². The largest absolute Gasteiger partial charge is 0.497 e. The second-order valence-corrected chi connectivity index (χ2v) is 14.5. The molecule has 0 fully saturated rings. The zero-order valence-corrected chi connectivity index (χ0v) is 32.4. The Balaban J connectivity index is 0.949. The average Bonchev–Trinajstić information content (AvgIpc) is 3.29. The van der Waals surface area contributed by atoms with E-state index in [1.807, 2.05) is 91.0 Å². The molecule has 0 amide bonds. The Bertz CT molecular complexity index is 2840. The zero-order valence-electron chi connectivity index (χ0n) is 32.4. The fourth-order valence-electron chi connectivity index (χ4n) is 8.22. The molecule has 0 saturated heterocycles. The van der Waals surface area contributed by atoms with Crippen molar-refractivity contribution < 1.29 is 24.1 Å². The molecule has 0 aliphatic carbocycles. The van der Waals surface area contributed by atoms with E-state index in [2.05, 4.69) is 90.7 Å². The van der Waals surface area contributed by atoms with Gasteiger partial charge in [-0.05, 0) is 102 Å². The maximum absolute atomic E-state index is 11.4.